The molecule has 1 aliphatic heterocycles. The summed E-state index contributed by atoms with van der Waals surface area (Å²) in [7, 11) is 0. The van der Waals surface area contributed by atoms with Gasteiger partial charge in [-0.3, -0.25) is 5.41 Å². The Kier molecular flexibility index (Phi) is 4.14. The predicted octanol–water partition coefficient (Wildman–Crippen LogP) is 2.61. The largest absolute Gasteiger partial charge is 0.345 e. The number of aromatic nitrogens is 2. The molecule has 3 atom stereocenters. The molecule has 126 valence electrons. The minimum atomic E-state index is -2.66. The molecule has 1 aromatic rings. The van der Waals surface area contributed by atoms with Crippen molar-refractivity contribution in [3.8, 4) is 0 Å². The number of nitrogens with one attached hydrogen (secondary N) is 1. The van der Waals surface area contributed by atoms with Crippen LogP contribution < -0.4 is 15.5 Å². The highest BCUT2D eigenvalue weighted by Crippen LogP contribution is 2.44. The van der Waals surface area contributed by atoms with Crippen molar-refractivity contribution in [3.63, 3.8) is 0 Å². The molecule has 0 amide bonds. The molecule has 0 saturated heterocycles. The van der Waals surface area contributed by atoms with Crippen molar-refractivity contribution < 1.29 is 8.78 Å². The topological polar surface area (TPSA) is 82.1 Å². The van der Waals surface area contributed by atoms with Crippen LogP contribution in [0.1, 0.15) is 32.6 Å². The molecule has 1 fully saturated rings. The average Bonchev–Trinajstić information content (AvgIpc) is 2.86. The summed E-state index contributed by atoms with van der Waals surface area (Å²) in [6.07, 6.45) is 2.75. The highest BCUT2D eigenvalue weighted by molar-refractivity contribution is 6.28. The molecule has 1 aromatic heterocycles. The van der Waals surface area contributed by atoms with Gasteiger partial charge in [-0.2, -0.15) is 4.98 Å². The zero-order chi connectivity index (χ0) is 16.8. The average molecular weight is 345 g/mol. The first-order valence-electron chi connectivity index (χ1n) is 7.61. The van der Waals surface area contributed by atoms with Crippen LogP contribution in [0, 0.1) is 5.41 Å². The molecule has 1 saturated carbocycles. The fourth-order valence-electron chi connectivity index (χ4n) is 3.59. The van der Waals surface area contributed by atoms with Gasteiger partial charge in [-0.15, -0.1) is 0 Å². The number of rotatable bonds is 3. The summed E-state index contributed by atoms with van der Waals surface area (Å²) in [5.41, 5.74) is 6.80. The monoisotopic (exact) mass is 344 g/mol. The quantitative estimate of drug-likeness (QED) is 0.500. The summed E-state index contributed by atoms with van der Waals surface area (Å²) < 4.78 is 27.4. The van der Waals surface area contributed by atoms with Gasteiger partial charge in [0.25, 0.3) is 0 Å². The molecule has 1 aliphatic carbocycles. The van der Waals surface area contributed by atoms with Gasteiger partial charge in [0.1, 0.15) is 11.9 Å². The lowest BCUT2D eigenvalue weighted by atomic mass is 10.0. The van der Waals surface area contributed by atoms with Crippen molar-refractivity contribution >= 4 is 29.4 Å². The highest BCUT2D eigenvalue weighted by Gasteiger charge is 2.47. The summed E-state index contributed by atoms with van der Waals surface area (Å²) >= 11 is 5.92. The molecule has 6 nitrogen and oxygen atoms in total. The lowest BCUT2D eigenvalue weighted by molar-refractivity contribution is 0.00743. The van der Waals surface area contributed by atoms with Gasteiger partial charge in [-0.25, -0.2) is 13.8 Å². The van der Waals surface area contributed by atoms with E-state index in [1.807, 2.05) is 11.8 Å². The summed E-state index contributed by atoms with van der Waals surface area (Å²) in [5, 5.41) is 7.66. The maximum Gasteiger partial charge on any atom is 0.250 e. The minimum Gasteiger partial charge on any atom is -0.345 e. The van der Waals surface area contributed by atoms with Gasteiger partial charge in [0, 0.05) is 18.9 Å². The number of hydrogen-bond donors (Lipinski definition) is 2. The smallest absolute Gasteiger partial charge is 0.250 e. The van der Waals surface area contributed by atoms with E-state index in [-0.39, 0.29) is 30.2 Å². The Labute approximate surface area is 138 Å². The van der Waals surface area contributed by atoms with Crippen molar-refractivity contribution in [2.75, 3.05) is 9.80 Å². The second-order valence-electron chi connectivity index (χ2n) is 6.01. The Morgan fingerprint density at radius 2 is 2.30 bits per heavy atom. The van der Waals surface area contributed by atoms with Gasteiger partial charge in [0.05, 0.1) is 18.6 Å². The van der Waals surface area contributed by atoms with E-state index in [0.29, 0.717) is 24.3 Å². The van der Waals surface area contributed by atoms with E-state index in [0.717, 1.165) is 6.34 Å². The van der Waals surface area contributed by atoms with Crippen LogP contribution in [0.5, 0.6) is 0 Å². The van der Waals surface area contributed by atoms with Crippen molar-refractivity contribution in [1.29, 1.82) is 5.41 Å². The van der Waals surface area contributed by atoms with E-state index in [9.17, 15) is 8.78 Å². The molecule has 0 aromatic carbocycles. The van der Waals surface area contributed by atoms with Gasteiger partial charge in [0.15, 0.2) is 5.82 Å². The predicted molar refractivity (Wildman–Crippen MR) is 85.4 cm³/mol. The van der Waals surface area contributed by atoms with E-state index in [1.165, 1.54) is 6.20 Å². The third-order valence-corrected chi connectivity index (χ3v) is 4.83. The molecule has 3 rings (SSSR count). The van der Waals surface area contributed by atoms with E-state index in [1.54, 1.807) is 4.90 Å². The number of halogens is 3. The Bertz CT molecular complexity index is 613. The molecule has 0 bridgehead atoms. The molecule has 3 N–H and O–H groups in total. The number of fused-ring (bicyclic) bond motifs is 1. The first-order chi connectivity index (χ1) is 10.9. The molecular weight excluding hydrogens is 326 g/mol. The maximum atomic E-state index is 13.7. The van der Waals surface area contributed by atoms with Gasteiger partial charge in [-0.1, -0.05) is 6.92 Å². The van der Waals surface area contributed by atoms with Crippen molar-refractivity contribution in [1.82, 2.24) is 9.97 Å². The van der Waals surface area contributed by atoms with Crippen LogP contribution in [0.4, 0.5) is 20.3 Å². The van der Waals surface area contributed by atoms with Crippen LogP contribution in [0.3, 0.4) is 0 Å². The third-order valence-electron chi connectivity index (χ3n) is 4.64. The number of nitrogens with two attached hydrogens (primary N) is 1. The first kappa shape index (κ1) is 16.3. The van der Waals surface area contributed by atoms with E-state index in [2.05, 4.69) is 9.97 Å². The second-order valence-corrected chi connectivity index (χ2v) is 6.35. The standard InChI is InChI=1S/C14H19ClF2N6/c1-2-9-11(19)22(7-18)10-6-20-13(15)21-12(10)23(9)8-3-4-14(16,17)5-8/h6-9,11,18H,2-5,19H2,1H3/t8-,9?,11?/m1/s1. The normalized spacial score (nSPS) is 29.5. The molecule has 2 unspecified atom stereocenters. The van der Waals surface area contributed by atoms with Crippen molar-refractivity contribution in [3.05, 3.63) is 11.5 Å². The first-order valence-corrected chi connectivity index (χ1v) is 7.99. The van der Waals surface area contributed by atoms with Gasteiger partial charge in [-0.05, 0) is 24.4 Å². The zero-order valence-corrected chi connectivity index (χ0v) is 13.5. The Balaban J connectivity index is 2.09. The number of nitrogens with zero attached hydrogens (tertiary/aromatic N) is 4. The number of anilines is 2. The van der Waals surface area contributed by atoms with E-state index >= 15 is 0 Å². The Morgan fingerprint density at radius 1 is 1.57 bits per heavy atom. The summed E-state index contributed by atoms with van der Waals surface area (Å²) in [6.45, 7) is 1.94. The highest BCUT2D eigenvalue weighted by atomic mass is 35.5. The SMILES string of the molecule is CCC1C(N)N(C=N)c2cnc(Cl)nc2N1[C@@H]1CCC(F)(F)C1. The molecule has 0 radical (unpaired) electrons. The van der Waals surface area contributed by atoms with E-state index < -0.39 is 12.1 Å². The maximum absolute atomic E-state index is 13.7. The Morgan fingerprint density at radius 3 is 2.87 bits per heavy atom. The number of alkyl halides is 2. The molecule has 2 heterocycles. The lowest BCUT2D eigenvalue weighted by Crippen LogP contribution is -2.62. The van der Waals surface area contributed by atoms with Crippen LogP contribution in [0.15, 0.2) is 6.20 Å². The van der Waals surface area contributed by atoms with Gasteiger partial charge in [0.2, 0.25) is 11.2 Å². The summed E-state index contributed by atoms with van der Waals surface area (Å²) in [6, 6.07) is -0.576. The van der Waals surface area contributed by atoms with Crippen LogP contribution >= 0.6 is 11.6 Å². The zero-order valence-electron chi connectivity index (χ0n) is 12.7. The van der Waals surface area contributed by atoms with Crippen LogP contribution in [-0.4, -0.2) is 40.5 Å². The third kappa shape index (κ3) is 2.74. The second kappa shape index (κ2) is 5.83. The summed E-state index contributed by atoms with van der Waals surface area (Å²) in [5.74, 6) is -2.19. The fraction of sp³-hybridized carbons (Fsp3) is 0.643. The van der Waals surface area contributed by atoms with Crippen LogP contribution in [-0.2, 0) is 0 Å². The van der Waals surface area contributed by atoms with Crippen molar-refractivity contribution in [2.24, 2.45) is 5.73 Å². The fourth-order valence-corrected chi connectivity index (χ4v) is 3.72. The molecule has 23 heavy (non-hydrogen) atoms. The van der Waals surface area contributed by atoms with Gasteiger partial charge >= 0.3 is 0 Å². The summed E-state index contributed by atoms with van der Waals surface area (Å²) in [4.78, 5) is 11.6. The van der Waals surface area contributed by atoms with E-state index in [4.69, 9.17) is 22.7 Å². The molecule has 0 spiro atoms. The Hall–Kier alpha value is -1.54. The lowest BCUT2D eigenvalue weighted by Gasteiger charge is -2.48. The van der Waals surface area contributed by atoms with Gasteiger partial charge < -0.3 is 15.5 Å². The molecular formula is C14H19ClF2N6. The van der Waals surface area contributed by atoms with Crippen molar-refractivity contribution in [2.45, 2.75) is 56.8 Å². The number of hydrogen-bond acceptors (Lipinski definition) is 5. The van der Waals surface area contributed by atoms with Crippen LogP contribution in [0.2, 0.25) is 5.28 Å². The minimum absolute atomic E-state index is 0.0498. The molecule has 9 heteroatoms. The van der Waals surface area contributed by atoms with Crippen LogP contribution in [0.25, 0.3) is 0 Å². The molecule has 2 aliphatic rings.